The van der Waals surface area contributed by atoms with Crippen molar-refractivity contribution in [3.8, 4) is 0 Å². The minimum Gasteiger partial charge on any atom is -0.511 e. The summed E-state index contributed by atoms with van der Waals surface area (Å²) in [5, 5.41) is 15.0. The molecule has 6 nitrogen and oxygen atoms in total. The molecule has 3 N–H and O–H groups in total. The Morgan fingerprint density at radius 1 is 1.18 bits per heavy atom. The first-order chi connectivity index (χ1) is 13.1. The fraction of sp³-hybridized carbons (Fsp3) is 0.167. The van der Waals surface area contributed by atoms with Crippen LogP contribution < -0.4 is 10.6 Å². The fourth-order valence-electron chi connectivity index (χ4n) is 2.65. The lowest BCUT2D eigenvalue weighted by molar-refractivity contribution is -0.141. The Labute approximate surface area is 155 Å². The van der Waals surface area contributed by atoms with E-state index < -0.39 is 46.9 Å². The van der Waals surface area contributed by atoms with Gasteiger partial charge in [-0.05, 0) is 35.9 Å². The average Bonchev–Trinajstić information content (AvgIpc) is 2.62. The summed E-state index contributed by atoms with van der Waals surface area (Å²) in [6.45, 7) is 0. The van der Waals surface area contributed by atoms with E-state index in [9.17, 15) is 32.3 Å². The van der Waals surface area contributed by atoms with Gasteiger partial charge in [-0.25, -0.2) is 4.39 Å². The maximum absolute atomic E-state index is 12.9. The highest BCUT2D eigenvalue weighted by Gasteiger charge is 2.34. The summed E-state index contributed by atoms with van der Waals surface area (Å²) in [5.41, 5.74) is -1.16. The third-order valence-electron chi connectivity index (χ3n) is 4.03. The standard InChI is InChI=1S/C18H13F4N3O3/c19-10-2-4-11(5-3-10)24-16(27)15-13(26)7-12(25-17(15)28)9-1-6-14(23-8-9)18(20,21)22/h1-6,8,12,26H,7H2,(H,24,27)(H,25,28). The van der Waals surface area contributed by atoms with Crippen LogP contribution in [0, 0.1) is 5.82 Å². The molecule has 1 aromatic carbocycles. The predicted octanol–water partition coefficient (Wildman–Crippen LogP) is 3.25. The summed E-state index contributed by atoms with van der Waals surface area (Å²) in [6, 6.07) is 5.84. The van der Waals surface area contributed by atoms with Gasteiger partial charge in [0.15, 0.2) is 0 Å². The van der Waals surface area contributed by atoms with Gasteiger partial charge in [0.05, 0.1) is 6.04 Å². The zero-order valence-electron chi connectivity index (χ0n) is 14.0. The van der Waals surface area contributed by atoms with E-state index in [2.05, 4.69) is 15.6 Å². The number of benzene rings is 1. The monoisotopic (exact) mass is 395 g/mol. The Kier molecular flexibility index (Phi) is 5.04. The topological polar surface area (TPSA) is 91.3 Å². The minimum absolute atomic E-state index is 0.203. The number of alkyl halides is 3. The molecule has 0 bridgehead atoms. The van der Waals surface area contributed by atoms with Crippen molar-refractivity contribution in [2.45, 2.75) is 18.6 Å². The molecule has 0 radical (unpaired) electrons. The van der Waals surface area contributed by atoms with Crippen LogP contribution in [-0.4, -0.2) is 21.9 Å². The van der Waals surface area contributed by atoms with E-state index in [-0.39, 0.29) is 17.7 Å². The molecule has 1 aliphatic rings. The van der Waals surface area contributed by atoms with Gasteiger partial charge < -0.3 is 15.7 Å². The summed E-state index contributed by atoms with van der Waals surface area (Å²) in [6.07, 6.45) is -3.85. The number of aliphatic hydroxyl groups is 1. The van der Waals surface area contributed by atoms with Crippen molar-refractivity contribution in [1.82, 2.24) is 10.3 Å². The van der Waals surface area contributed by atoms with Gasteiger partial charge >= 0.3 is 6.18 Å². The Bertz CT molecular complexity index is 938. The zero-order chi connectivity index (χ0) is 20.5. The number of carbonyl (C=O) groups excluding carboxylic acids is 2. The summed E-state index contributed by atoms with van der Waals surface area (Å²) >= 11 is 0. The van der Waals surface area contributed by atoms with Gasteiger partial charge in [-0.1, -0.05) is 6.07 Å². The molecule has 1 unspecified atom stereocenters. The number of pyridine rings is 1. The number of hydrogen-bond donors (Lipinski definition) is 3. The maximum atomic E-state index is 12.9. The molecule has 2 heterocycles. The molecule has 0 aliphatic carbocycles. The number of anilines is 1. The molecule has 1 aliphatic heterocycles. The van der Waals surface area contributed by atoms with Crippen LogP contribution in [0.5, 0.6) is 0 Å². The van der Waals surface area contributed by atoms with Gasteiger partial charge in [0.1, 0.15) is 22.8 Å². The summed E-state index contributed by atoms with van der Waals surface area (Å²) in [5.74, 6) is -2.82. The van der Waals surface area contributed by atoms with E-state index >= 15 is 0 Å². The van der Waals surface area contributed by atoms with Crippen LogP contribution in [0.2, 0.25) is 0 Å². The number of halogens is 4. The number of aromatic nitrogens is 1. The molecule has 0 saturated carbocycles. The van der Waals surface area contributed by atoms with Gasteiger partial charge in [-0.2, -0.15) is 13.2 Å². The molecule has 1 atom stereocenters. The molecule has 10 heteroatoms. The first-order valence-corrected chi connectivity index (χ1v) is 7.98. The Morgan fingerprint density at radius 3 is 2.39 bits per heavy atom. The van der Waals surface area contributed by atoms with Gasteiger partial charge in [0, 0.05) is 18.3 Å². The van der Waals surface area contributed by atoms with Gasteiger partial charge in [-0.15, -0.1) is 0 Å². The highest BCUT2D eigenvalue weighted by Crippen LogP contribution is 2.30. The third kappa shape index (κ3) is 4.11. The van der Waals surface area contributed by atoms with Crippen molar-refractivity contribution in [3.63, 3.8) is 0 Å². The van der Waals surface area contributed by atoms with E-state index in [1.165, 1.54) is 12.1 Å². The summed E-state index contributed by atoms with van der Waals surface area (Å²) < 4.78 is 50.7. The average molecular weight is 395 g/mol. The van der Waals surface area contributed by atoms with E-state index in [0.717, 1.165) is 30.5 Å². The molecule has 0 spiro atoms. The largest absolute Gasteiger partial charge is 0.511 e. The van der Waals surface area contributed by atoms with Crippen LogP contribution >= 0.6 is 0 Å². The number of rotatable bonds is 3. The molecule has 3 rings (SSSR count). The van der Waals surface area contributed by atoms with Crippen LogP contribution in [0.25, 0.3) is 0 Å². The second-order valence-electron chi connectivity index (χ2n) is 5.99. The second kappa shape index (κ2) is 7.29. The van der Waals surface area contributed by atoms with Crippen molar-refractivity contribution in [2.24, 2.45) is 0 Å². The molecule has 2 amide bonds. The van der Waals surface area contributed by atoms with Crippen molar-refractivity contribution in [2.75, 3.05) is 5.32 Å². The lowest BCUT2D eigenvalue weighted by Crippen LogP contribution is -2.39. The SMILES string of the molecule is O=C(Nc1ccc(F)cc1)C1=C(O)CC(c2ccc(C(F)(F)F)nc2)NC1=O. The lowest BCUT2D eigenvalue weighted by atomic mass is 9.96. The number of amides is 2. The van der Waals surface area contributed by atoms with E-state index in [1.807, 2.05) is 0 Å². The van der Waals surface area contributed by atoms with Crippen molar-refractivity contribution >= 4 is 17.5 Å². The van der Waals surface area contributed by atoms with E-state index in [0.29, 0.717) is 0 Å². The normalized spacial score (nSPS) is 17.3. The highest BCUT2D eigenvalue weighted by molar-refractivity contribution is 6.23. The predicted molar refractivity (Wildman–Crippen MR) is 89.4 cm³/mol. The Balaban J connectivity index is 1.76. The molecular formula is C18H13F4N3O3. The van der Waals surface area contributed by atoms with Crippen molar-refractivity contribution in [3.05, 3.63) is 71.0 Å². The minimum atomic E-state index is -4.60. The molecular weight excluding hydrogens is 382 g/mol. The summed E-state index contributed by atoms with van der Waals surface area (Å²) in [7, 11) is 0. The number of aliphatic hydroxyl groups excluding tert-OH is 1. The summed E-state index contributed by atoms with van der Waals surface area (Å²) in [4.78, 5) is 27.8. The quantitative estimate of drug-likeness (QED) is 0.550. The molecule has 146 valence electrons. The van der Waals surface area contributed by atoms with Crippen LogP contribution in [0.3, 0.4) is 0 Å². The van der Waals surface area contributed by atoms with E-state index in [1.54, 1.807) is 0 Å². The first-order valence-electron chi connectivity index (χ1n) is 7.98. The van der Waals surface area contributed by atoms with Crippen LogP contribution in [0.1, 0.15) is 23.7 Å². The van der Waals surface area contributed by atoms with Crippen molar-refractivity contribution < 1.29 is 32.3 Å². The van der Waals surface area contributed by atoms with Crippen LogP contribution in [-0.2, 0) is 15.8 Å². The molecule has 28 heavy (non-hydrogen) atoms. The van der Waals surface area contributed by atoms with Gasteiger partial charge in [-0.3, -0.25) is 14.6 Å². The zero-order valence-corrected chi connectivity index (χ0v) is 14.0. The second-order valence-corrected chi connectivity index (χ2v) is 5.99. The third-order valence-corrected chi connectivity index (χ3v) is 4.03. The Morgan fingerprint density at radius 2 is 1.86 bits per heavy atom. The molecule has 2 aromatic rings. The molecule has 0 saturated heterocycles. The van der Waals surface area contributed by atoms with Gasteiger partial charge in [0.25, 0.3) is 11.8 Å². The highest BCUT2D eigenvalue weighted by atomic mass is 19.4. The molecule has 1 aromatic heterocycles. The van der Waals surface area contributed by atoms with Crippen LogP contribution in [0.15, 0.2) is 53.9 Å². The smallest absolute Gasteiger partial charge is 0.433 e. The maximum Gasteiger partial charge on any atom is 0.433 e. The van der Waals surface area contributed by atoms with Crippen LogP contribution in [0.4, 0.5) is 23.2 Å². The number of hydrogen-bond acceptors (Lipinski definition) is 4. The fourth-order valence-corrected chi connectivity index (χ4v) is 2.65. The number of carbonyl (C=O) groups is 2. The Hall–Kier alpha value is -3.43. The number of nitrogens with zero attached hydrogens (tertiary/aromatic N) is 1. The first kappa shape index (κ1) is 19.3. The molecule has 0 fully saturated rings. The van der Waals surface area contributed by atoms with E-state index in [4.69, 9.17) is 0 Å². The number of nitrogens with one attached hydrogen (secondary N) is 2. The van der Waals surface area contributed by atoms with Crippen molar-refractivity contribution in [1.29, 1.82) is 0 Å². The lowest BCUT2D eigenvalue weighted by Gasteiger charge is -2.25. The van der Waals surface area contributed by atoms with Gasteiger partial charge in [0.2, 0.25) is 0 Å².